The summed E-state index contributed by atoms with van der Waals surface area (Å²) in [6, 6.07) is 9.55. The average Bonchev–Trinajstić information content (AvgIpc) is 3.53. The molecule has 2 atom stereocenters. The van der Waals surface area contributed by atoms with E-state index < -0.39 is 18.0 Å². The van der Waals surface area contributed by atoms with E-state index >= 15 is 0 Å². The molecule has 5 heterocycles. The number of carbonyl (C=O) groups excluding carboxylic acids is 2. The largest absolute Gasteiger partial charge is 0.360 e. The number of thiophene rings is 1. The van der Waals surface area contributed by atoms with Crippen LogP contribution in [0, 0.1) is 5.92 Å². The van der Waals surface area contributed by atoms with Crippen LogP contribution in [0.15, 0.2) is 41.9 Å². The molecule has 168 valence electrons. The maximum Gasteiger partial charge on any atom is 0.261 e. The Balaban J connectivity index is 1.51. The van der Waals surface area contributed by atoms with Gasteiger partial charge in [-0.1, -0.05) is 18.2 Å². The van der Waals surface area contributed by atoms with Crippen LogP contribution in [-0.4, -0.2) is 57.8 Å². The first-order valence-electron chi connectivity index (χ1n) is 10.9. The van der Waals surface area contributed by atoms with Gasteiger partial charge >= 0.3 is 0 Å². The fourth-order valence-corrected chi connectivity index (χ4v) is 5.84. The third kappa shape index (κ3) is 3.22. The van der Waals surface area contributed by atoms with E-state index in [0.29, 0.717) is 29.9 Å². The lowest BCUT2D eigenvalue weighted by atomic mass is 9.95. The van der Waals surface area contributed by atoms with Crippen molar-refractivity contribution in [1.82, 2.24) is 25.0 Å². The molecule has 3 aromatic heterocycles. The Labute approximate surface area is 192 Å². The summed E-state index contributed by atoms with van der Waals surface area (Å²) in [4.78, 5) is 31.0. The van der Waals surface area contributed by atoms with Crippen molar-refractivity contribution in [3.05, 3.63) is 53.2 Å². The van der Waals surface area contributed by atoms with Crippen LogP contribution in [0.4, 0.5) is 4.39 Å². The Morgan fingerprint density at radius 1 is 1.18 bits per heavy atom. The van der Waals surface area contributed by atoms with E-state index in [0.717, 1.165) is 34.1 Å². The minimum Gasteiger partial charge on any atom is -0.360 e. The summed E-state index contributed by atoms with van der Waals surface area (Å²) in [5.41, 5.74) is 3.49. The maximum atomic E-state index is 14.8. The van der Waals surface area contributed by atoms with Gasteiger partial charge in [0.1, 0.15) is 11.9 Å². The molecule has 0 bridgehead atoms. The zero-order valence-electron chi connectivity index (χ0n) is 18.0. The Morgan fingerprint density at radius 2 is 2.00 bits per heavy atom. The van der Waals surface area contributed by atoms with Crippen LogP contribution in [0.3, 0.4) is 0 Å². The highest BCUT2D eigenvalue weighted by Gasteiger charge is 2.37. The van der Waals surface area contributed by atoms with Crippen LogP contribution in [0.25, 0.3) is 32.3 Å². The molecule has 6 rings (SSSR count). The van der Waals surface area contributed by atoms with Gasteiger partial charge in [-0.2, -0.15) is 5.10 Å². The molecule has 0 aliphatic carbocycles. The second-order valence-corrected chi connectivity index (χ2v) is 9.69. The van der Waals surface area contributed by atoms with Crippen LogP contribution in [0.1, 0.15) is 17.7 Å². The molecule has 33 heavy (non-hydrogen) atoms. The molecule has 1 aromatic carbocycles. The summed E-state index contributed by atoms with van der Waals surface area (Å²) in [7, 11) is 1.93. The molecule has 0 saturated carbocycles. The van der Waals surface area contributed by atoms with Crippen molar-refractivity contribution in [2.75, 3.05) is 20.1 Å². The predicted molar refractivity (Wildman–Crippen MR) is 126 cm³/mol. The van der Waals surface area contributed by atoms with Gasteiger partial charge in [-0.25, -0.2) is 4.39 Å². The first kappa shape index (κ1) is 20.3. The van der Waals surface area contributed by atoms with Crippen molar-refractivity contribution in [3.8, 4) is 0 Å². The third-order valence-corrected chi connectivity index (χ3v) is 7.61. The maximum absolute atomic E-state index is 14.8. The monoisotopic (exact) mass is 463 g/mol. The quantitative estimate of drug-likeness (QED) is 0.454. The highest BCUT2D eigenvalue weighted by molar-refractivity contribution is 7.17. The van der Waals surface area contributed by atoms with Crippen LogP contribution in [0.2, 0.25) is 0 Å². The van der Waals surface area contributed by atoms with Gasteiger partial charge in [-0.15, -0.1) is 11.3 Å². The molecular formula is C24H22FN5O2S. The number of nitrogens with one attached hydrogen (secondary N) is 2. The summed E-state index contributed by atoms with van der Waals surface area (Å²) < 4.78 is 17.5. The molecule has 0 radical (unpaired) electrons. The first-order valence-corrected chi connectivity index (χ1v) is 11.8. The van der Waals surface area contributed by atoms with Gasteiger partial charge in [-0.05, 0) is 37.5 Å². The molecule has 2 unspecified atom stereocenters. The number of amides is 2. The molecule has 2 amide bonds. The van der Waals surface area contributed by atoms with Crippen molar-refractivity contribution in [1.29, 1.82) is 0 Å². The van der Waals surface area contributed by atoms with Gasteiger partial charge in [0, 0.05) is 36.2 Å². The van der Waals surface area contributed by atoms with Crippen molar-refractivity contribution >= 4 is 55.4 Å². The van der Waals surface area contributed by atoms with Gasteiger partial charge in [0.2, 0.25) is 0 Å². The Hall–Kier alpha value is -3.30. The lowest BCUT2D eigenvalue weighted by Gasteiger charge is -2.32. The fourth-order valence-electron chi connectivity index (χ4n) is 4.95. The van der Waals surface area contributed by atoms with Gasteiger partial charge in [0.15, 0.2) is 0 Å². The predicted octanol–water partition coefficient (Wildman–Crippen LogP) is 3.44. The van der Waals surface area contributed by atoms with Crippen molar-refractivity contribution < 1.29 is 14.0 Å². The van der Waals surface area contributed by atoms with Crippen LogP contribution < -0.4 is 5.32 Å². The smallest absolute Gasteiger partial charge is 0.261 e. The summed E-state index contributed by atoms with van der Waals surface area (Å²) in [6.07, 6.45) is 1.57. The molecule has 2 aliphatic rings. The van der Waals surface area contributed by atoms with Crippen molar-refractivity contribution in [2.45, 2.75) is 19.1 Å². The molecule has 2 aliphatic heterocycles. The van der Waals surface area contributed by atoms with E-state index in [1.807, 2.05) is 47.7 Å². The molecule has 1 fully saturated rings. The number of nitrogens with zero attached hydrogens (tertiary/aromatic N) is 3. The van der Waals surface area contributed by atoms with Crippen LogP contribution in [-0.2, 0) is 16.1 Å². The number of para-hydroxylation sites is 1. The number of carbonyl (C=O) groups is 2. The highest BCUT2D eigenvalue weighted by atomic mass is 32.1. The second-order valence-electron chi connectivity index (χ2n) is 8.77. The number of aromatic nitrogens is 3. The third-order valence-electron chi connectivity index (χ3n) is 6.66. The zero-order valence-corrected chi connectivity index (χ0v) is 18.8. The lowest BCUT2D eigenvalue weighted by Crippen LogP contribution is -2.41. The van der Waals surface area contributed by atoms with Gasteiger partial charge in [-0.3, -0.25) is 19.6 Å². The van der Waals surface area contributed by atoms with E-state index in [-0.39, 0.29) is 11.5 Å². The lowest BCUT2D eigenvalue weighted by molar-refractivity contribution is -0.122. The number of alkyl halides is 1. The number of fused-ring (bicyclic) bond motifs is 2. The number of H-pyrrole nitrogens is 1. The van der Waals surface area contributed by atoms with Crippen molar-refractivity contribution in [2.24, 2.45) is 5.92 Å². The minimum absolute atomic E-state index is 0.153. The molecule has 4 aromatic rings. The number of likely N-dealkylation sites (tertiary alicyclic amines) is 1. The van der Waals surface area contributed by atoms with Crippen LogP contribution in [0.5, 0.6) is 0 Å². The Kier molecular flexibility index (Phi) is 4.70. The number of imide groups is 1. The summed E-state index contributed by atoms with van der Waals surface area (Å²) >= 11 is 1.51. The number of hydrogen-bond donors (Lipinski definition) is 2. The molecule has 0 spiro atoms. The molecule has 9 heteroatoms. The van der Waals surface area contributed by atoms with Gasteiger partial charge in [0.05, 0.1) is 26.9 Å². The standard InChI is InChI=1S/C24H22FN5O2S/c1-29-8-6-13(16(25)12-29)11-30-18-5-3-2-4-14(18)21(28-30)20-19(23(31)27-24(20)32)15-10-26-17-7-9-33-22(15)17/h2-5,7,9-10,13,16,26H,6,8,11-12H2,1H3,(H,27,31,32). The fraction of sp³-hybridized carbons (Fsp3) is 0.292. The Bertz CT molecular complexity index is 1450. The average molecular weight is 464 g/mol. The number of benzene rings is 1. The van der Waals surface area contributed by atoms with E-state index in [2.05, 4.69) is 10.3 Å². The zero-order chi connectivity index (χ0) is 22.7. The molecule has 2 N–H and O–H groups in total. The first-order chi connectivity index (χ1) is 16.0. The summed E-state index contributed by atoms with van der Waals surface area (Å²) in [5.74, 6) is -1.04. The number of hydrogen-bond acceptors (Lipinski definition) is 5. The summed E-state index contributed by atoms with van der Waals surface area (Å²) in [5, 5.41) is 9.96. The van der Waals surface area contributed by atoms with Gasteiger partial charge < -0.3 is 9.88 Å². The highest BCUT2D eigenvalue weighted by Crippen LogP contribution is 2.38. The van der Waals surface area contributed by atoms with E-state index in [9.17, 15) is 14.0 Å². The van der Waals surface area contributed by atoms with Gasteiger partial charge in [0.25, 0.3) is 11.8 Å². The Morgan fingerprint density at radius 3 is 2.85 bits per heavy atom. The minimum atomic E-state index is -0.937. The topological polar surface area (TPSA) is 83.0 Å². The molecule has 1 saturated heterocycles. The number of rotatable bonds is 4. The van der Waals surface area contributed by atoms with E-state index in [4.69, 9.17) is 5.10 Å². The number of piperidine rings is 1. The van der Waals surface area contributed by atoms with Crippen molar-refractivity contribution in [3.63, 3.8) is 0 Å². The number of aromatic amines is 1. The van der Waals surface area contributed by atoms with E-state index in [1.54, 1.807) is 10.9 Å². The van der Waals surface area contributed by atoms with Crippen LogP contribution >= 0.6 is 11.3 Å². The molecular weight excluding hydrogens is 441 g/mol. The van der Waals surface area contributed by atoms with E-state index in [1.165, 1.54) is 11.3 Å². The second kappa shape index (κ2) is 7.64. The molecule has 7 nitrogen and oxygen atoms in total. The SMILES string of the molecule is CN1CCC(Cn2nc(C3=C(c4c[nH]c5ccsc45)C(=O)NC3=O)c3ccccc32)C(F)C1. The number of halogens is 1. The summed E-state index contributed by atoms with van der Waals surface area (Å²) in [6.45, 7) is 1.67. The normalized spacial score (nSPS) is 22.1.